The Hall–Kier alpha value is -1.97. The Morgan fingerprint density at radius 3 is 3.06 bits per heavy atom. The first-order chi connectivity index (χ1) is 8.69. The molecule has 18 heavy (non-hydrogen) atoms. The molecule has 1 unspecified atom stereocenters. The molecule has 1 aromatic carbocycles. The highest BCUT2D eigenvalue weighted by molar-refractivity contribution is 5.73. The number of nitrogens with one attached hydrogen (secondary N) is 1. The van der Waals surface area contributed by atoms with Gasteiger partial charge in [-0.1, -0.05) is 12.2 Å². The highest BCUT2D eigenvalue weighted by Gasteiger charge is 2.10. The first kappa shape index (κ1) is 12.5. The zero-order valence-electron chi connectivity index (χ0n) is 10.6. The third-order valence-electron chi connectivity index (χ3n) is 2.63. The second kappa shape index (κ2) is 5.58. The summed E-state index contributed by atoms with van der Waals surface area (Å²) in [6.45, 7) is 4.18. The van der Waals surface area contributed by atoms with Crippen LogP contribution in [0.1, 0.15) is 19.4 Å². The number of esters is 1. The molecule has 0 radical (unpaired) electrons. The molecule has 1 atom stereocenters. The van der Waals surface area contributed by atoms with Crippen LogP contribution in [-0.2, 0) is 9.53 Å². The normalized spacial score (nSPS) is 16.7. The van der Waals surface area contributed by atoms with Gasteiger partial charge >= 0.3 is 5.97 Å². The van der Waals surface area contributed by atoms with Crippen LogP contribution in [0.15, 0.2) is 24.3 Å². The molecule has 1 N–H and O–H groups in total. The van der Waals surface area contributed by atoms with E-state index in [9.17, 15) is 4.79 Å². The van der Waals surface area contributed by atoms with E-state index >= 15 is 0 Å². The molecular weight excluding hydrogens is 230 g/mol. The van der Waals surface area contributed by atoms with Gasteiger partial charge in [-0.15, -0.1) is 0 Å². The van der Waals surface area contributed by atoms with Crippen LogP contribution >= 0.6 is 0 Å². The molecule has 0 saturated carbocycles. The van der Waals surface area contributed by atoms with Gasteiger partial charge in [0.05, 0.1) is 6.61 Å². The number of ether oxygens (including phenoxy) is 2. The van der Waals surface area contributed by atoms with Crippen LogP contribution in [-0.4, -0.2) is 25.2 Å². The zero-order chi connectivity index (χ0) is 13.0. The maximum absolute atomic E-state index is 11.2. The van der Waals surface area contributed by atoms with Crippen LogP contribution in [0, 0.1) is 0 Å². The van der Waals surface area contributed by atoms with Gasteiger partial charge in [-0.3, -0.25) is 0 Å². The van der Waals surface area contributed by atoms with Crippen LogP contribution < -0.4 is 10.1 Å². The molecule has 4 heteroatoms. The van der Waals surface area contributed by atoms with Crippen LogP contribution in [0.3, 0.4) is 0 Å². The molecule has 0 aliphatic carbocycles. The van der Waals surface area contributed by atoms with Crippen molar-refractivity contribution < 1.29 is 14.3 Å². The van der Waals surface area contributed by atoms with Gasteiger partial charge in [0.1, 0.15) is 5.75 Å². The molecule has 0 saturated heterocycles. The summed E-state index contributed by atoms with van der Waals surface area (Å²) in [6.07, 6.45) is 4.13. The smallest absolute Gasteiger partial charge is 0.344 e. The second-order valence-electron chi connectivity index (χ2n) is 4.13. The van der Waals surface area contributed by atoms with Crippen molar-refractivity contribution in [2.45, 2.75) is 19.9 Å². The predicted octanol–water partition coefficient (Wildman–Crippen LogP) is 2.46. The molecular formula is C14H17NO3. The Kier molecular flexibility index (Phi) is 3.87. The minimum absolute atomic E-state index is 0.0554. The number of rotatable bonds is 4. The fourth-order valence-corrected chi connectivity index (χ4v) is 1.79. The lowest BCUT2D eigenvalue weighted by Crippen LogP contribution is -2.16. The maximum atomic E-state index is 11.2. The van der Waals surface area contributed by atoms with Gasteiger partial charge in [0, 0.05) is 17.3 Å². The predicted molar refractivity (Wildman–Crippen MR) is 70.7 cm³/mol. The van der Waals surface area contributed by atoms with Gasteiger partial charge in [-0.2, -0.15) is 0 Å². The molecule has 0 spiro atoms. The van der Waals surface area contributed by atoms with Crippen molar-refractivity contribution in [3.8, 4) is 5.75 Å². The molecule has 0 aromatic heterocycles. The maximum Gasteiger partial charge on any atom is 0.344 e. The monoisotopic (exact) mass is 247 g/mol. The third-order valence-corrected chi connectivity index (χ3v) is 2.63. The molecule has 0 amide bonds. The van der Waals surface area contributed by atoms with Crippen molar-refractivity contribution in [3.63, 3.8) is 0 Å². The van der Waals surface area contributed by atoms with E-state index in [2.05, 4.69) is 18.3 Å². The summed E-state index contributed by atoms with van der Waals surface area (Å²) >= 11 is 0. The van der Waals surface area contributed by atoms with E-state index in [0.717, 1.165) is 11.3 Å². The first-order valence-corrected chi connectivity index (χ1v) is 6.06. The highest BCUT2D eigenvalue weighted by atomic mass is 16.6. The molecule has 1 aliphatic heterocycles. The number of fused-ring (bicyclic) bond motifs is 1. The Morgan fingerprint density at radius 2 is 2.28 bits per heavy atom. The van der Waals surface area contributed by atoms with Gasteiger partial charge in [-0.25, -0.2) is 4.79 Å². The summed E-state index contributed by atoms with van der Waals surface area (Å²) in [7, 11) is 0. The van der Waals surface area contributed by atoms with E-state index in [1.165, 1.54) is 0 Å². The average molecular weight is 247 g/mol. The van der Waals surface area contributed by atoms with Crippen molar-refractivity contribution in [2.24, 2.45) is 0 Å². The van der Waals surface area contributed by atoms with Crippen molar-refractivity contribution in [2.75, 3.05) is 18.5 Å². The molecule has 1 aromatic rings. The van der Waals surface area contributed by atoms with Crippen LogP contribution in [0.5, 0.6) is 5.75 Å². The van der Waals surface area contributed by atoms with Crippen molar-refractivity contribution in [3.05, 3.63) is 29.8 Å². The fourth-order valence-electron chi connectivity index (χ4n) is 1.79. The average Bonchev–Trinajstić information content (AvgIpc) is 2.36. The van der Waals surface area contributed by atoms with Gasteiger partial charge in [0.15, 0.2) is 6.61 Å². The summed E-state index contributed by atoms with van der Waals surface area (Å²) in [5.41, 5.74) is 2.14. The van der Waals surface area contributed by atoms with Crippen LogP contribution in [0.25, 0.3) is 6.08 Å². The molecule has 4 nitrogen and oxygen atoms in total. The van der Waals surface area contributed by atoms with E-state index in [4.69, 9.17) is 9.47 Å². The summed E-state index contributed by atoms with van der Waals surface area (Å²) < 4.78 is 10.2. The van der Waals surface area contributed by atoms with E-state index in [-0.39, 0.29) is 12.6 Å². The number of carbonyl (C=O) groups excluding carboxylic acids is 1. The SMILES string of the molecule is CCOC(=O)COc1ccc2c(c1)C=CC(C)N2. The Bertz CT molecular complexity index is 468. The number of carbonyl (C=O) groups is 1. The number of anilines is 1. The first-order valence-electron chi connectivity index (χ1n) is 6.06. The lowest BCUT2D eigenvalue weighted by atomic mass is 10.1. The second-order valence-corrected chi connectivity index (χ2v) is 4.13. The Morgan fingerprint density at radius 1 is 1.44 bits per heavy atom. The number of benzene rings is 1. The van der Waals surface area contributed by atoms with E-state index in [0.29, 0.717) is 18.4 Å². The summed E-state index contributed by atoms with van der Waals surface area (Å²) in [6, 6.07) is 6.04. The van der Waals surface area contributed by atoms with Crippen molar-refractivity contribution >= 4 is 17.7 Å². The summed E-state index contributed by atoms with van der Waals surface area (Å²) in [4.78, 5) is 11.2. The van der Waals surface area contributed by atoms with Crippen LogP contribution in [0.2, 0.25) is 0 Å². The minimum atomic E-state index is -0.350. The molecule has 96 valence electrons. The summed E-state index contributed by atoms with van der Waals surface area (Å²) in [5, 5.41) is 3.34. The lowest BCUT2D eigenvalue weighted by Gasteiger charge is -2.19. The van der Waals surface area contributed by atoms with Crippen molar-refractivity contribution in [1.29, 1.82) is 0 Å². The molecule has 0 fully saturated rings. The molecule has 1 heterocycles. The van der Waals surface area contributed by atoms with Gasteiger partial charge in [0.25, 0.3) is 0 Å². The lowest BCUT2D eigenvalue weighted by molar-refractivity contribution is -0.145. The standard InChI is InChI=1S/C14H17NO3/c1-3-17-14(16)9-18-12-6-7-13-11(8-12)5-4-10(2)15-13/h4-8,10,15H,3,9H2,1-2H3. The topological polar surface area (TPSA) is 47.6 Å². The molecule has 1 aliphatic rings. The number of hydrogen-bond acceptors (Lipinski definition) is 4. The Labute approximate surface area is 107 Å². The molecule has 2 rings (SSSR count). The van der Waals surface area contributed by atoms with Crippen molar-refractivity contribution in [1.82, 2.24) is 0 Å². The zero-order valence-corrected chi connectivity index (χ0v) is 10.6. The number of hydrogen-bond donors (Lipinski definition) is 1. The van der Waals surface area contributed by atoms with Gasteiger partial charge in [-0.05, 0) is 32.0 Å². The minimum Gasteiger partial charge on any atom is -0.482 e. The van der Waals surface area contributed by atoms with E-state index < -0.39 is 0 Å². The van der Waals surface area contributed by atoms with Gasteiger partial charge in [0.2, 0.25) is 0 Å². The third kappa shape index (κ3) is 3.03. The highest BCUT2D eigenvalue weighted by Crippen LogP contribution is 2.27. The Balaban J connectivity index is 2.00. The quantitative estimate of drug-likeness (QED) is 0.830. The van der Waals surface area contributed by atoms with Gasteiger partial charge < -0.3 is 14.8 Å². The fraction of sp³-hybridized carbons (Fsp3) is 0.357. The van der Waals surface area contributed by atoms with Crippen LogP contribution in [0.4, 0.5) is 5.69 Å². The molecule has 0 bridgehead atoms. The van der Waals surface area contributed by atoms with E-state index in [1.807, 2.05) is 24.3 Å². The summed E-state index contributed by atoms with van der Waals surface area (Å²) in [5.74, 6) is 0.320. The van der Waals surface area contributed by atoms with E-state index in [1.54, 1.807) is 6.92 Å². The largest absolute Gasteiger partial charge is 0.482 e.